The molecule has 28 heavy (non-hydrogen) atoms. The van der Waals surface area contributed by atoms with E-state index in [1.807, 2.05) is 10.2 Å². The normalized spacial score (nSPS) is 16.2. The number of carbonyl (C=O) groups is 3. The zero-order chi connectivity index (χ0) is 20.7. The van der Waals surface area contributed by atoms with Crippen LogP contribution in [0.2, 0.25) is 0 Å². The van der Waals surface area contributed by atoms with Gasteiger partial charge in [0.2, 0.25) is 0 Å². The smallest absolute Gasteiger partial charge is 0.413 e. The molecule has 1 aliphatic heterocycles. The number of nitrogens with one attached hydrogen (secondary N) is 1. The Morgan fingerprint density at radius 2 is 2.07 bits per heavy atom. The lowest BCUT2D eigenvalue weighted by atomic mass is 9.99. The molecule has 0 aromatic heterocycles. The summed E-state index contributed by atoms with van der Waals surface area (Å²) in [4.78, 5) is 47.6. The molecule has 0 spiro atoms. The number of imide groups is 1. The van der Waals surface area contributed by atoms with Crippen molar-refractivity contribution < 1.29 is 28.8 Å². The van der Waals surface area contributed by atoms with Gasteiger partial charge in [0.1, 0.15) is 5.69 Å². The first-order valence-corrected chi connectivity index (χ1v) is 8.99. The maximum absolute atomic E-state index is 12.1. The van der Waals surface area contributed by atoms with Crippen molar-refractivity contribution in [1.29, 1.82) is 0 Å². The van der Waals surface area contributed by atoms with Crippen LogP contribution < -0.4 is 10.2 Å². The van der Waals surface area contributed by atoms with E-state index in [4.69, 9.17) is 4.74 Å². The maximum atomic E-state index is 12.1. The van der Waals surface area contributed by atoms with Crippen molar-refractivity contribution in [1.82, 2.24) is 5.32 Å². The summed E-state index contributed by atoms with van der Waals surface area (Å²) in [5, 5.41) is 13.4. The summed E-state index contributed by atoms with van der Waals surface area (Å²) in [5.74, 6) is -1.34. The Labute approximate surface area is 161 Å². The van der Waals surface area contributed by atoms with Gasteiger partial charge in [-0.15, -0.1) is 0 Å². The average Bonchev–Trinajstić information content (AvgIpc) is 2.65. The van der Waals surface area contributed by atoms with Crippen molar-refractivity contribution in [3.63, 3.8) is 0 Å². The second-order valence-electron chi connectivity index (χ2n) is 6.50. The monoisotopic (exact) mass is 393 g/mol. The number of anilines is 1. The number of benzene rings is 1. The molecule has 0 bridgehead atoms. The number of nitro benzene ring substituents is 1. The van der Waals surface area contributed by atoms with E-state index >= 15 is 0 Å². The van der Waals surface area contributed by atoms with Gasteiger partial charge in [0.15, 0.2) is 6.61 Å². The van der Waals surface area contributed by atoms with Crippen LogP contribution in [-0.2, 0) is 14.3 Å². The summed E-state index contributed by atoms with van der Waals surface area (Å²) >= 11 is 0. The van der Waals surface area contributed by atoms with Gasteiger partial charge in [0, 0.05) is 19.2 Å². The van der Waals surface area contributed by atoms with Crippen molar-refractivity contribution >= 4 is 29.3 Å². The van der Waals surface area contributed by atoms with Gasteiger partial charge in [-0.25, -0.2) is 9.59 Å². The van der Waals surface area contributed by atoms with E-state index in [2.05, 4.69) is 11.7 Å². The van der Waals surface area contributed by atoms with Crippen LogP contribution in [0.25, 0.3) is 0 Å². The van der Waals surface area contributed by atoms with Crippen molar-refractivity contribution in [2.45, 2.75) is 26.7 Å². The summed E-state index contributed by atoms with van der Waals surface area (Å²) < 4.78 is 9.34. The molecule has 0 radical (unpaired) electrons. The zero-order valence-electron chi connectivity index (χ0n) is 15.8. The Balaban J connectivity index is 2.06. The van der Waals surface area contributed by atoms with Gasteiger partial charge in [-0.3, -0.25) is 20.2 Å². The molecule has 1 fully saturated rings. The van der Waals surface area contributed by atoms with Crippen molar-refractivity contribution in [2.75, 3.05) is 31.2 Å². The number of carbonyl (C=O) groups excluding carboxylic acids is 3. The topological polar surface area (TPSA) is 128 Å². The number of ether oxygens (including phenoxy) is 2. The highest BCUT2D eigenvalue weighted by Crippen LogP contribution is 2.32. The summed E-state index contributed by atoms with van der Waals surface area (Å²) in [5.41, 5.74) is 0.206. The van der Waals surface area contributed by atoms with Crippen molar-refractivity contribution in [3.8, 4) is 0 Å². The van der Waals surface area contributed by atoms with Crippen LogP contribution in [0.5, 0.6) is 0 Å². The lowest BCUT2D eigenvalue weighted by Gasteiger charge is -2.32. The van der Waals surface area contributed by atoms with E-state index in [1.165, 1.54) is 12.1 Å². The Kier molecular flexibility index (Phi) is 7.30. The summed E-state index contributed by atoms with van der Waals surface area (Å²) in [7, 11) is 0. The molecule has 0 saturated carbocycles. The number of esters is 1. The third-order valence-electron chi connectivity index (χ3n) is 4.26. The van der Waals surface area contributed by atoms with E-state index < -0.39 is 29.5 Å². The molecule has 1 saturated heterocycles. The fraction of sp³-hybridized carbons (Fsp3) is 0.500. The van der Waals surface area contributed by atoms with Crippen LogP contribution in [0.3, 0.4) is 0 Å². The first kappa shape index (κ1) is 21.1. The quantitative estimate of drug-likeness (QED) is 0.443. The third-order valence-corrected chi connectivity index (χ3v) is 4.26. The highest BCUT2D eigenvalue weighted by molar-refractivity contribution is 5.96. The molecule has 1 aromatic rings. The largest absolute Gasteiger partial charge is 0.452 e. The molecule has 2 amide bonds. The SMILES string of the molecule is CCOC(=O)NC(=O)COC(=O)c1ccc(N2CCC[C@H](C)C2)c([N+](=O)[O-])c1. The van der Waals surface area contributed by atoms with Crippen LogP contribution >= 0.6 is 0 Å². The number of nitro groups is 1. The number of amides is 2. The van der Waals surface area contributed by atoms with Crippen molar-refractivity contribution in [3.05, 3.63) is 33.9 Å². The Morgan fingerprint density at radius 3 is 2.71 bits per heavy atom. The van der Waals surface area contributed by atoms with E-state index in [0.717, 1.165) is 18.9 Å². The number of hydrogen-bond donors (Lipinski definition) is 1. The molecule has 152 valence electrons. The highest BCUT2D eigenvalue weighted by atomic mass is 16.6. The molecule has 1 heterocycles. The maximum Gasteiger partial charge on any atom is 0.413 e. The Bertz CT molecular complexity index is 766. The molecule has 0 unspecified atom stereocenters. The molecule has 10 heteroatoms. The lowest BCUT2D eigenvalue weighted by molar-refractivity contribution is -0.384. The van der Waals surface area contributed by atoms with E-state index in [9.17, 15) is 24.5 Å². The molecule has 0 aliphatic carbocycles. The van der Waals surface area contributed by atoms with Gasteiger partial charge in [-0.2, -0.15) is 0 Å². The molecule has 1 N–H and O–H groups in total. The highest BCUT2D eigenvalue weighted by Gasteiger charge is 2.25. The van der Waals surface area contributed by atoms with Crippen LogP contribution in [0.1, 0.15) is 37.0 Å². The minimum atomic E-state index is -0.945. The van der Waals surface area contributed by atoms with Crippen LogP contribution in [0.15, 0.2) is 18.2 Å². The van der Waals surface area contributed by atoms with Crippen LogP contribution in [0, 0.1) is 16.0 Å². The first-order chi connectivity index (χ1) is 13.3. The lowest BCUT2D eigenvalue weighted by Crippen LogP contribution is -2.35. The van der Waals surface area contributed by atoms with Gasteiger partial charge < -0.3 is 14.4 Å². The second kappa shape index (κ2) is 9.67. The molecule has 1 aromatic carbocycles. The standard InChI is InChI=1S/C18H23N3O7/c1-3-27-18(24)19-16(22)11-28-17(23)13-6-7-14(15(9-13)21(25)26)20-8-4-5-12(2)10-20/h6-7,9,12H,3-5,8,10-11H2,1-2H3,(H,19,22,24)/t12-/m0/s1. The van der Waals surface area contributed by atoms with Gasteiger partial charge in [0.25, 0.3) is 11.6 Å². The minimum absolute atomic E-state index is 0.0514. The van der Waals surface area contributed by atoms with Gasteiger partial charge in [-0.1, -0.05) is 6.92 Å². The van der Waals surface area contributed by atoms with Gasteiger partial charge in [0.05, 0.1) is 17.1 Å². The fourth-order valence-electron chi connectivity index (χ4n) is 3.00. The number of rotatable bonds is 6. The van der Waals surface area contributed by atoms with Gasteiger partial charge >= 0.3 is 12.1 Å². The first-order valence-electron chi connectivity index (χ1n) is 8.99. The number of piperidine rings is 1. The minimum Gasteiger partial charge on any atom is -0.452 e. The summed E-state index contributed by atoms with van der Waals surface area (Å²) in [6.45, 7) is 4.46. The molecular formula is C18H23N3O7. The molecule has 1 aliphatic rings. The molecule has 2 rings (SSSR count). The number of nitrogens with zero attached hydrogens (tertiary/aromatic N) is 2. The third kappa shape index (κ3) is 5.66. The van der Waals surface area contributed by atoms with E-state index in [1.54, 1.807) is 6.92 Å². The number of alkyl carbamates (subject to hydrolysis) is 1. The predicted molar refractivity (Wildman–Crippen MR) is 99.2 cm³/mol. The summed E-state index contributed by atoms with van der Waals surface area (Å²) in [6.07, 6.45) is 1.07. The van der Waals surface area contributed by atoms with Crippen LogP contribution in [0.4, 0.5) is 16.2 Å². The molecule has 1 atom stereocenters. The van der Waals surface area contributed by atoms with Crippen molar-refractivity contribution in [2.24, 2.45) is 5.92 Å². The summed E-state index contributed by atoms with van der Waals surface area (Å²) in [6, 6.07) is 4.08. The molecule has 10 nitrogen and oxygen atoms in total. The fourth-order valence-corrected chi connectivity index (χ4v) is 3.00. The second-order valence-corrected chi connectivity index (χ2v) is 6.50. The Morgan fingerprint density at radius 1 is 1.32 bits per heavy atom. The number of hydrogen-bond acceptors (Lipinski definition) is 8. The zero-order valence-corrected chi connectivity index (χ0v) is 15.8. The molecular weight excluding hydrogens is 370 g/mol. The average molecular weight is 393 g/mol. The van der Waals surface area contributed by atoms with Gasteiger partial charge in [-0.05, 0) is 37.8 Å². The van der Waals surface area contributed by atoms with E-state index in [0.29, 0.717) is 24.7 Å². The van der Waals surface area contributed by atoms with E-state index in [-0.39, 0.29) is 17.9 Å². The predicted octanol–water partition coefficient (Wildman–Crippen LogP) is 2.26. The van der Waals surface area contributed by atoms with Crippen LogP contribution in [-0.4, -0.2) is 49.2 Å². The Hall–Kier alpha value is -3.17.